The number of H-pyrrole nitrogens is 1. The molecule has 1 aliphatic heterocycles. The maximum Gasteiger partial charge on any atom is 0.213 e. The van der Waals surface area contributed by atoms with Crippen LogP contribution in [-0.4, -0.2) is 51.1 Å². The number of hydrogen-bond acceptors (Lipinski definition) is 5. The van der Waals surface area contributed by atoms with Gasteiger partial charge in [-0.15, -0.1) is 0 Å². The van der Waals surface area contributed by atoms with Gasteiger partial charge in [-0.3, -0.25) is 0 Å². The monoisotopic (exact) mass is 404 g/mol. The van der Waals surface area contributed by atoms with E-state index in [0.29, 0.717) is 16.4 Å². The molecule has 0 saturated carbocycles. The second-order valence-electron chi connectivity index (χ2n) is 6.62. The minimum absolute atomic E-state index is 0.0414. The van der Waals surface area contributed by atoms with E-state index < -0.39 is 15.6 Å². The van der Waals surface area contributed by atoms with E-state index in [-0.39, 0.29) is 25.3 Å². The van der Waals surface area contributed by atoms with Gasteiger partial charge in [0.2, 0.25) is 10.0 Å². The van der Waals surface area contributed by atoms with Crippen molar-refractivity contribution in [3.8, 4) is 17.3 Å². The third-order valence-electron chi connectivity index (χ3n) is 5.04. The minimum Gasteiger partial charge on any atom is -0.346 e. The fourth-order valence-electron chi connectivity index (χ4n) is 3.47. The smallest absolute Gasteiger partial charge is 0.213 e. The van der Waals surface area contributed by atoms with E-state index in [1.807, 2.05) is 16.8 Å². The van der Waals surface area contributed by atoms with Crippen LogP contribution in [0.4, 0.5) is 0 Å². The van der Waals surface area contributed by atoms with Gasteiger partial charge in [0.1, 0.15) is 12.0 Å². The summed E-state index contributed by atoms with van der Waals surface area (Å²) < 4.78 is 27.5. The number of rotatable bonds is 5. The zero-order valence-corrected chi connectivity index (χ0v) is 16.1. The van der Waals surface area contributed by atoms with Gasteiger partial charge in [-0.1, -0.05) is 11.6 Å². The number of fused-ring (bicyclic) bond motifs is 1. The van der Waals surface area contributed by atoms with Crippen LogP contribution in [0.1, 0.15) is 13.3 Å². The lowest BCUT2D eigenvalue weighted by atomic mass is 9.89. The van der Waals surface area contributed by atoms with Crippen molar-refractivity contribution >= 4 is 32.7 Å². The largest absolute Gasteiger partial charge is 0.346 e. The predicted molar refractivity (Wildman–Crippen MR) is 102 cm³/mol. The average Bonchev–Trinajstić information content (AvgIpc) is 3.24. The van der Waals surface area contributed by atoms with Gasteiger partial charge < -0.3 is 9.55 Å². The van der Waals surface area contributed by atoms with Crippen LogP contribution in [0.5, 0.6) is 0 Å². The van der Waals surface area contributed by atoms with Crippen LogP contribution in [0.15, 0.2) is 31.0 Å². The first kappa shape index (κ1) is 18.0. The lowest BCUT2D eigenvalue weighted by Crippen LogP contribution is -2.63. The Hall–Kier alpha value is -2.41. The molecular formula is C17H17ClN6O2S. The van der Waals surface area contributed by atoms with Crippen molar-refractivity contribution in [1.82, 2.24) is 23.8 Å². The molecule has 3 aromatic rings. The highest BCUT2D eigenvalue weighted by Gasteiger charge is 2.49. The van der Waals surface area contributed by atoms with E-state index in [2.05, 4.69) is 21.0 Å². The van der Waals surface area contributed by atoms with Crippen molar-refractivity contribution in [3.63, 3.8) is 0 Å². The Morgan fingerprint density at radius 2 is 2.15 bits per heavy atom. The quantitative estimate of drug-likeness (QED) is 0.702. The number of aromatic nitrogens is 4. The zero-order chi connectivity index (χ0) is 19.2. The summed E-state index contributed by atoms with van der Waals surface area (Å²) in [6.07, 6.45) is 7.02. The minimum atomic E-state index is -3.28. The van der Waals surface area contributed by atoms with Gasteiger partial charge in [-0.05, 0) is 13.0 Å². The number of nitrogens with zero attached hydrogens (tertiary/aromatic N) is 5. The van der Waals surface area contributed by atoms with Crippen LogP contribution in [0.2, 0.25) is 5.02 Å². The van der Waals surface area contributed by atoms with Crippen LogP contribution in [0.3, 0.4) is 0 Å². The average molecular weight is 405 g/mol. The van der Waals surface area contributed by atoms with E-state index in [4.69, 9.17) is 11.6 Å². The molecule has 0 spiro atoms. The molecule has 0 bridgehead atoms. The summed E-state index contributed by atoms with van der Waals surface area (Å²) in [6, 6.07) is 4.05. The van der Waals surface area contributed by atoms with Crippen molar-refractivity contribution in [2.24, 2.45) is 0 Å². The highest BCUT2D eigenvalue weighted by atomic mass is 35.5. The molecule has 140 valence electrons. The second-order valence-corrected chi connectivity index (χ2v) is 9.28. The Kier molecular flexibility index (Phi) is 4.22. The van der Waals surface area contributed by atoms with Crippen molar-refractivity contribution in [2.75, 3.05) is 18.8 Å². The Morgan fingerprint density at radius 1 is 1.37 bits per heavy atom. The Morgan fingerprint density at radius 3 is 2.85 bits per heavy atom. The SMILES string of the molecule is CCS(=O)(=O)N1CC(CC#N)(n2cc(Cl)c(-c3ncnc4[nH]ccc34)c2)C1. The van der Waals surface area contributed by atoms with Crippen LogP contribution < -0.4 is 0 Å². The third kappa shape index (κ3) is 2.81. The first-order valence-corrected chi connectivity index (χ1v) is 10.4. The summed E-state index contributed by atoms with van der Waals surface area (Å²) in [5.74, 6) is 0.0414. The fourth-order valence-corrected chi connectivity index (χ4v) is 4.95. The number of hydrogen-bond donors (Lipinski definition) is 1. The Labute approximate surface area is 161 Å². The molecule has 0 amide bonds. The molecule has 27 heavy (non-hydrogen) atoms. The van der Waals surface area contributed by atoms with E-state index in [9.17, 15) is 13.7 Å². The highest BCUT2D eigenvalue weighted by molar-refractivity contribution is 7.89. The van der Waals surface area contributed by atoms with Crippen LogP contribution >= 0.6 is 11.6 Å². The van der Waals surface area contributed by atoms with Gasteiger partial charge in [-0.25, -0.2) is 18.4 Å². The number of aromatic amines is 1. The Balaban J connectivity index is 1.74. The molecule has 1 aliphatic rings. The lowest BCUT2D eigenvalue weighted by molar-refractivity contribution is 0.0851. The summed E-state index contributed by atoms with van der Waals surface area (Å²) >= 11 is 6.48. The van der Waals surface area contributed by atoms with Gasteiger partial charge in [0.15, 0.2) is 0 Å². The van der Waals surface area contributed by atoms with Crippen molar-refractivity contribution < 1.29 is 8.42 Å². The molecule has 1 saturated heterocycles. The molecule has 0 aliphatic carbocycles. The van der Waals surface area contributed by atoms with E-state index in [1.54, 1.807) is 19.3 Å². The summed E-state index contributed by atoms with van der Waals surface area (Å²) in [5.41, 5.74) is 1.50. The van der Waals surface area contributed by atoms with Crippen molar-refractivity contribution in [2.45, 2.75) is 18.9 Å². The van der Waals surface area contributed by atoms with E-state index in [0.717, 1.165) is 10.9 Å². The van der Waals surface area contributed by atoms with Gasteiger partial charge in [-0.2, -0.15) is 9.57 Å². The number of nitrogens with one attached hydrogen (secondary N) is 1. The number of sulfonamides is 1. The van der Waals surface area contributed by atoms with E-state index in [1.165, 1.54) is 10.6 Å². The van der Waals surface area contributed by atoms with Gasteiger partial charge in [0.25, 0.3) is 0 Å². The standard InChI is InChI=1S/C17H17ClN6O2S/c1-2-27(25,26)24-9-17(10-24,4-5-19)23-7-13(14(18)8-23)15-12-3-6-20-16(12)22-11-21-15/h3,6-8,11H,2,4,9-10H2,1H3,(H,20,21,22). The number of nitriles is 1. The molecule has 0 radical (unpaired) electrons. The van der Waals surface area contributed by atoms with Crippen LogP contribution in [0, 0.1) is 11.3 Å². The highest BCUT2D eigenvalue weighted by Crippen LogP contribution is 2.39. The van der Waals surface area contributed by atoms with Crippen molar-refractivity contribution in [3.05, 3.63) is 36.0 Å². The third-order valence-corrected chi connectivity index (χ3v) is 7.12. The molecule has 0 unspecified atom stereocenters. The fraction of sp³-hybridized carbons (Fsp3) is 0.353. The lowest BCUT2D eigenvalue weighted by Gasteiger charge is -2.48. The maximum atomic E-state index is 12.1. The second kappa shape index (κ2) is 6.34. The van der Waals surface area contributed by atoms with Crippen LogP contribution in [0.25, 0.3) is 22.3 Å². The molecule has 10 heteroatoms. The maximum absolute atomic E-state index is 12.1. The molecule has 0 atom stereocenters. The molecule has 0 aromatic carbocycles. The molecule has 4 heterocycles. The molecule has 1 fully saturated rings. The normalized spacial score (nSPS) is 16.9. The molecule has 1 N–H and O–H groups in total. The molecule has 4 rings (SSSR count). The first-order valence-electron chi connectivity index (χ1n) is 8.41. The van der Waals surface area contributed by atoms with Gasteiger partial charge in [0.05, 0.1) is 34.5 Å². The summed E-state index contributed by atoms with van der Waals surface area (Å²) in [6.45, 7) is 2.12. The van der Waals surface area contributed by atoms with Gasteiger partial charge in [0, 0.05) is 42.6 Å². The first-order chi connectivity index (χ1) is 12.9. The van der Waals surface area contributed by atoms with Gasteiger partial charge >= 0.3 is 0 Å². The zero-order valence-electron chi connectivity index (χ0n) is 14.6. The predicted octanol–water partition coefficient (Wildman–Crippen LogP) is 2.35. The number of halogens is 1. The van der Waals surface area contributed by atoms with E-state index >= 15 is 0 Å². The summed E-state index contributed by atoms with van der Waals surface area (Å²) in [4.78, 5) is 11.6. The summed E-state index contributed by atoms with van der Waals surface area (Å²) in [5, 5.41) is 10.6. The molecule has 3 aromatic heterocycles. The van der Waals surface area contributed by atoms with Crippen LogP contribution in [-0.2, 0) is 15.6 Å². The molecule has 8 nitrogen and oxygen atoms in total. The summed E-state index contributed by atoms with van der Waals surface area (Å²) in [7, 11) is -3.28. The molecular weight excluding hydrogens is 388 g/mol. The van der Waals surface area contributed by atoms with Crippen molar-refractivity contribution in [1.29, 1.82) is 5.26 Å². The topological polar surface area (TPSA) is 108 Å². The Bertz CT molecular complexity index is 1150.